The summed E-state index contributed by atoms with van der Waals surface area (Å²) in [6.07, 6.45) is 14.2. The van der Waals surface area contributed by atoms with Gasteiger partial charge < -0.3 is 5.11 Å². The van der Waals surface area contributed by atoms with Crippen molar-refractivity contribution in [3.63, 3.8) is 0 Å². The average Bonchev–Trinajstić information content (AvgIpc) is 2.46. The van der Waals surface area contributed by atoms with E-state index in [1.165, 1.54) is 38.5 Å². The zero-order valence-electron chi connectivity index (χ0n) is 12.5. The second kappa shape index (κ2) is 6.76. The topological polar surface area (TPSA) is 37.3 Å². The van der Waals surface area contributed by atoms with Crippen molar-refractivity contribution < 1.29 is 9.90 Å². The second-order valence-corrected chi connectivity index (χ2v) is 6.88. The number of carbonyl (C=O) groups is 1. The van der Waals surface area contributed by atoms with E-state index in [2.05, 4.69) is 6.92 Å². The third kappa shape index (κ3) is 3.32. The molecule has 2 fully saturated rings. The zero-order valence-corrected chi connectivity index (χ0v) is 12.5. The first-order valence-corrected chi connectivity index (χ1v) is 8.42. The predicted molar refractivity (Wildman–Crippen MR) is 78.1 cm³/mol. The van der Waals surface area contributed by atoms with Crippen molar-refractivity contribution in [1.82, 2.24) is 0 Å². The molecule has 2 aliphatic carbocycles. The van der Waals surface area contributed by atoms with Gasteiger partial charge in [-0.25, -0.2) is 0 Å². The molecule has 2 nitrogen and oxygen atoms in total. The lowest BCUT2D eigenvalue weighted by Crippen LogP contribution is -2.42. The molecule has 0 bridgehead atoms. The summed E-state index contributed by atoms with van der Waals surface area (Å²) in [6.45, 7) is 2.24. The molecule has 0 amide bonds. The highest BCUT2D eigenvalue weighted by atomic mass is 16.4. The fourth-order valence-corrected chi connectivity index (χ4v) is 4.43. The third-order valence-corrected chi connectivity index (χ3v) is 5.78. The van der Waals surface area contributed by atoms with Crippen LogP contribution in [0.5, 0.6) is 0 Å². The highest BCUT2D eigenvalue weighted by Crippen LogP contribution is 2.50. The molecule has 0 aromatic rings. The van der Waals surface area contributed by atoms with E-state index in [1.54, 1.807) is 0 Å². The third-order valence-electron chi connectivity index (χ3n) is 5.78. The lowest BCUT2D eigenvalue weighted by molar-refractivity contribution is -0.157. The Balaban J connectivity index is 1.96. The van der Waals surface area contributed by atoms with Gasteiger partial charge in [-0.05, 0) is 50.4 Å². The van der Waals surface area contributed by atoms with E-state index in [9.17, 15) is 9.90 Å². The molecule has 2 aliphatic rings. The Morgan fingerprint density at radius 2 is 1.74 bits per heavy atom. The van der Waals surface area contributed by atoms with Gasteiger partial charge in [-0.1, -0.05) is 45.4 Å². The first-order valence-electron chi connectivity index (χ1n) is 8.42. The van der Waals surface area contributed by atoms with Crippen LogP contribution in [-0.4, -0.2) is 11.1 Å². The largest absolute Gasteiger partial charge is 0.481 e. The van der Waals surface area contributed by atoms with E-state index in [4.69, 9.17) is 0 Å². The summed E-state index contributed by atoms with van der Waals surface area (Å²) in [6, 6.07) is 0. The minimum atomic E-state index is -0.492. The molecule has 0 unspecified atom stereocenters. The maximum atomic E-state index is 11.9. The van der Waals surface area contributed by atoms with Gasteiger partial charge in [-0.3, -0.25) is 4.79 Å². The van der Waals surface area contributed by atoms with Crippen molar-refractivity contribution in [3.05, 3.63) is 0 Å². The lowest BCUT2D eigenvalue weighted by atomic mass is 9.60. The predicted octanol–water partition coefficient (Wildman–Crippen LogP) is 5.02. The average molecular weight is 266 g/mol. The van der Waals surface area contributed by atoms with Crippen LogP contribution in [0.25, 0.3) is 0 Å². The standard InChI is InChI=1S/C17H30O2/c1-2-3-7-14-10-12-17(13-11-14,16(18)19)15-8-5-4-6-9-15/h14-15H,2-13H2,1H3,(H,18,19). The minimum Gasteiger partial charge on any atom is -0.481 e. The SMILES string of the molecule is CCCCC1CCC(C(=O)O)(C2CCCCC2)CC1. The monoisotopic (exact) mass is 266 g/mol. The molecule has 0 saturated heterocycles. The number of rotatable bonds is 5. The van der Waals surface area contributed by atoms with Gasteiger partial charge in [0.1, 0.15) is 0 Å². The molecule has 0 heterocycles. The van der Waals surface area contributed by atoms with E-state index in [0.717, 1.165) is 44.4 Å². The molecule has 0 aromatic heterocycles. The van der Waals surface area contributed by atoms with E-state index in [1.807, 2.05) is 0 Å². The molecule has 2 rings (SSSR count). The van der Waals surface area contributed by atoms with Gasteiger partial charge in [-0.15, -0.1) is 0 Å². The Labute approximate surface area is 118 Å². The first kappa shape index (κ1) is 14.9. The van der Waals surface area contributed by atoms with Gasteiger partial charge in [0.2, 0.25) is 0 Å². The van der Waals surface area contributed by atoms with Gasteiger partial charge in [0.25, 0.3) is 0 Å². The lowest BCUT2D eigenvalue weighted by Gasteiger charge is -2.44. The molecular weight excluding hydrogens is 236 g/mol. The molecular formula is C17H30O2. The number of carboxylic acids is 1. The van der Waals surface area contributed by atoms with E-state index >= 15 is 0 Å². The maximum Gasteiger partial charge on any atom is 0.309 e. The smallest absolute Gasteiger partial charge is 0.309 e. The minimum absolute atomic E-state index is 0.358. The molecule has 1 N–H and O–H groups in total. The number of hydrogen-bond donors (Lipinski definition) is 1. The van der Waals surface area contributed by atoms with Gasteiger partial charge in [0, 0.05) is 0 Å². The summed E-state index contributed by atoms with van der Waals surface area (Å²) in [5.74, 6) is 0.773. The van der Waals surface area contributed by atoms with Gasteiger partial charge in [0.05, 0.1) is 5.41 Å². The van der Waals surface area contributed by atoms with E-state index in [0.29, 0.717) is 5.92 Å². The van der Waals surface area contributed by atoms with Crippen molar-refractivity contribution >= 4 is 5.97 Å². The Hall–Kier alpha value is -0.530. The molecule has 0 atom stereocenters. The molecule has 2 heteroatoms. The quantitative estimate of drug-likeness (QED) is 0.758. The molecule has 2 saturated carbocycles. The fraction of sp³-hybridized carbons (Fsp3) is 0.941. The molecule has 0 spiro atoms. The fourth-order valence-electron chi connectivity index (χ4n) is 4.43. The Morgan fingerprint density at radius 3 is 2.26 bits per heavy atom. The highest BCUT2D eigenvalue weighted by Gasteiger charge is 2.47. The van der Waals surface area contributed by atoms with Crippen LogP contribution in [0, 0.1) is 17.3 Å². The number of aliphatic carboxylic acids is 1. The number of carboxylic acid groups (broad SMARTS) is 1. The highest BCUT2D eigenvalue weighted by molar-refractivity contribution is 5.75. The molecule has 19 heavy (non-hydrogen) atoms. The maximum absolute atomic E-state index is 11.9. The van der Waals surface area contributed by atoms with Crippen LogP contribution in [0.2, 0.25) is 0 Å². The van der Waals surface area contributed by atoms with Crippen molar-refractivity contribution in [2.24, 2.45) is 17.3 Å². The summed E-state index contributed by atoms with van der Waals surface area (Å²) in [5, 5.41) is 9.80. The summed E-state index contributed by atoms with van der Waals surface area (Å²) >= 11 is 0. The van der Waals surface area contributed by atoms with Crippen molar-refractivity contribution in [2.45, 2.75) is 84.0 Å². The van der Waals surface area contributed by atoms with Crippen LogP contribution in [0.3, 0.4) is 0 Å². The first-order chi connectivity index (χ1) is 9.19. The van der Waals surface area contributed by atoms with Crippen molar-refractivity contribution in [1.29, 1.82) is 0 Å². The van der Waals surface area contributed by atoms with Crippen LogP contribution in [-0.2, 0) is 4.79 Å². The Kier molecular flexibility index (Phi) is 5.29. The Bertz CT molecular complexity index is 284. The zero-order chi connectivity index (χ0) is 13.7. The normalized spacial score (nSPS) is 33.2. The van der Waals surface area contributed by atoms with Crippen molar-refractivity contribution in [3.8, 4) is 0 Å². The summed E-state index contributed by atoms with van der Waals surface area (Å²) < 4.78 is 0. The number of unbranched alkanes of at least 4 members (excludes halogenated alkanes) is 1. The second-order valence-electron chi connectivity index (χ2n) is 6.88. The summed E-state index contributed by atoms with van der Waals surface area (Å²) in [5.41, 5.74) is -0.358. The van der Waals surface area contributed by atoms with E-state index < -0.39 is 5.97 Å². The van der Waals surface area contributed by atoms with Crippen LogP contribution in [0.1, 0.15) is 84.0 Å². The summed E-state index contributed by atoms with van der Waals surface area (Å²) in [7, 11) is 0. The van der Waals surface area contributed by atoms with E-state index in [-0.39, 0.29) is 5.41 Å². The van der Waals surface area contributed by atoms with Crippen LogP contribution in [0.4, 0.5) is 0 Å². The molecule has 110 valence electrons. The van der Waals surface area contributed by atoms with Gasteiger partial charge in [0.15, 0.2) is 0 Å². The van der Waals surface area contributed by atoms with Crippen LogP contribution >= 0.6 is 0 Å². The van der Waals surface area contributed by atoms with Crippen molar-refractivity contribution in [2.75, 3.05) is 0 Å². The van der Waals surface area contributed by atoms with Crippen LogP contribution < -0.4 is 0 Å². The molecule has 0 aromatic carbocycles. The molecule has 0 aliphatic heterocycles. The van der Waals surface area contributed by atoms with Crippen LogP contribution in [0.15, 0.2) is 0 Å². The number of hydrogen-bond acceptors (Lipinski definition) is 1. The molecule has 0 radical (unpaired) electrons. The summed E-state index contributed by atoms with van der Waals surface area (Å²) in [4.78, 5) is 11.9. The Morgan fingerprint density at radius 1 is 1.11 bits per heavy atom. The van der Waals surface area contributed by atoms with Gasteiger partial charge in [-0.2, -0.15) is 0 Å². The van der Waals surface area contributed by atoms with Gasteiger partial charge >= 0.3 is 5.97 Å².